The number of rotatable bonds is 5. The average molecular weight is 348 g/mol. The molecule has 0 atom stereocenters. The van der Waals surface area contributed by atoms with E-state index in [1.165, 1.54) is 25.3 Å². The van der Waals surface area contributed by atoms with Crippen LogP contribution in [0.1, 0.15) is 11.1 Å². The molecule has 6 nitrogen and oxygen atoms in total. The van der Waals surface area contributed by atoms with E-state index >= 15 is 0 Å². The van der Waals surface area contributed by atoms with Gasteiger partial charge in [0.2, 0.25) is 0 Å². The number of benzene rings is 2. The zero-order valence-corrected chi connectivity index (χ0v) is 13.7. The van der Waals surface area contributed by atoms with Crippen molar-refractivity contribution in [1.29, 1.82) is 0 Å². The van der Waals surface area contributed by atoms with Gasteiger partial charge in [-0.25, -0.2) is 4.79 Å². The van der Waals surface area contributed by atoms with Crippen LogP contribution in [-0.4, -0.2) is 18.0 Å². The maximum absolute atomic E-state index is 11.9. The largest absolute Gasteiger partial charge is 0.496 e. The lowest BCUT2D eigenvalue weighted by Gasteiger charge is -2.06. The molecule has 0 bridgehead atoms. The summed E-state index contributed by atoms with van der Waals surface area (Å²) < 4.78 is 10.3. The number of nitro benzene ring substituents is 1. The van der Waals surface area contributed by atoms with E-state index < -0.39 is 10.9 Å². The first-order chi connectivity index (χ1) is 11.4. The Morgan fingerprint density at radius 1 is 1.21 bits per heavy atom. The molecule has 0 aliphatic heterocycles. The summed E-state index contributed by atoms with van der Waals surface area (Å²) in [6.45, 7) is 1.92. The number of nitrogens with zero attached hydrogens (tertiary/aromatic N) is 1. The lowest BCUT2D eigenvalue weighted by Crippen LogP contribution is -2.04. The molecule has 0 N–H and O–H groups in total. The second kappa shape index (κ2) is 7.61. The Morgan fingerprint density at radius 2 is 1.92 bits per heavy atom. The van der Waals surface area contributed by atoms with E-state index in [2.05, 4.69) is 0 Å². The highest BCUT2D eigenvalue weighted by atomic mass is 35.5. The van der Waals surface area contributed by atoms with E-state index in [9.17, 15) is 14.9 Å². The lowest BCUT2D eigenvalue weighted by atomic mass is 10.1. The number of nitro groups is 1. The zero-order valence-electron chi connectivity index (χ0n) is 13.0. The SMILES string of the molecule is COc1ccc(C)cc1/C=C/C(=O)Oc1ccc([N+](=O)[O-])cc1Cl. The molecule has 0 amide bonds. The molecular weight excluding hydrogens is 334 g/mol. The molecule has 2 rings (SSSR count). The number of ether oxygens (including phenoxy) is 2. The normalized spacial score (nSPS) is 10.6. The van der Waals surface area contributed by atoms with Gasteiger partial charge in [0.05, 0.1) is 17.1 Å². The molecule has 124 valence electrons. The number of methoxy groups -OCH3 is 1. The Balaban J connectivity index is 2.14. The van der Waals surface area contributed by atoms with E-state index in [0.717, 1.165) is 17.2 Å². The van der Waals surface area contributed by atoms with E-state index in [0.29, 0.717) is 5.75 Å². The Bertz CT molecular complexity index is 817. The van der Waals surface area contributed by atoms with Crippen molar-refractivity contribution in [2.24, 2.45) is 0 Å². The fraction of sp³-hybridized carbons (Fsp3) is 0.118. The van der Waals surface area contributed by atoms with Crippen molar-refractivity contribution in [3.8, 4) is 11.5 Å². The summed E-state index contributed by atoms with van der Waals surface area (Å²) in [5, 5.41) is 10.6. The number of non-ortho nitro benzene ring substituents is 1. The van der Waals surface area contributed by atoms with Gasteiger partial charge in [0.15, 0.2) is 0 Å². The molecule has 2 aromatic rings. The highest BCUT2D eigenvalue weighted by Gasteiger charge is 2.12. The van der Waals surface area contributed by atoms with Gasteiger partial charge in [-0.2, -0.15) is 0 Å². The van der Waals surface area contributed by atoms with Crippen LogP contribution in [0, 0.1) is 17.0 Å². The molecule has 0 aliphatic carbocycles. The van der Waals surface area contributed by atoms with Crippen LogP contribution in [0.5, 0.6) is 11.5 Å². The topological polar surface area (TPSA) is 78.7 Å². The molecule has 24 heavy (non-hydrogen) atoms. The van der Waals surface area contributed by atoms with Crippen LogP contribution in [0.25, 0.3) is 6.08 Å². The average Bonchev–Trinajstić information content (AvgIpc) is 2.54. The molecule has 0 radical (unpaired) electrons. The van der Waals surface area contributed by atoms with Crippen LogP contribution in [0.3, 0.4) is 0 Å². The van der Waals surface area contributed by atoms with Crippen molar-refractivity contribution < 1.29 is 19.2 Å². The van der Waals surface area contributed by atoms with Crippen molar-refractivity contribution in [3.05, 3.63) is 68.7 Å². The van der Waals surface area contributed by atoms with E-state index in [-0.39, 0.29) is 16.5 Å². The Kier molecular flexibility index (Phi) is 5.55. The molecule has 7 heteroatoms. The van der Waals surface area contributed by atoms with Crippen LogP contribution in [0.15, 0.2) is 42.5 Å². The summed E-state index contributed by atoms with van der Waals surface area (Å²) in [6.07, 6.45) is 2.79. The highest BCUT2D eigenvalue weighted by Crippen LogP contribution is 2.29. The number of hydrogen-bond acceptors (Lipinski definition) is 5. The molecule has 0 fully saturated rings. The smallest absolute Gasteiger partial charge is 0.336 e. The summed E-state index contributed by atoms with van der Waals surface area (Å²) in [5.41, 5.74) is 1.56. The number of carbonyl (C=O) groups excluding carboxylic acids is 1. The van der Waals surface area contributed by atoms with Crippen LogP contribution >= 0.6 is 11.6 Å². The monoisotopic (exact) mass is 347 g/mol. The van der Waals surface area contributed by atoms with Crippen LogP contribution in [0.2, 0.25) is 5.02 Å². The van der Waals surface area contributed by atoms with Crippen molar-refractivity contribution in [2.75, 3.05) is 7.11 Å². The summed E-state index contributed by atoms with van der Waals surface area (Å²) >= 11 is 5.88. The summed E-state index contributed by atoms with van der Waals surface area (Å²) in [5.74, 6) is 0.0143. The summed E-state index contributed by atoms with van der Waals surface area (Å²) in [6, 6.07) is 9.17. The minimum Gasteiger partial charge on any atom is -0.496 e. The third kappa shape index (κ3) is 4.33. The van der Waals surface area contributed by atoms with Gasteiger partial charge in [-0.1, -0.05) is 23.2 Å². The Morgan fingerprint density at radius 3 is 2.54 bits per heavy atom. The number of hydrogen-bond donors (Lipinski definition) is 0. The van der Waals surface area contributed by atoms with Gasteiger partial charge in [-0.3, -0.25) is 10.1 Å². The van der Waals surface area contributed by atoms with E-state index in [1.54, 1.807) is 12.1 Å². The summed E-state index contributed by atoms with van der Waals surface area (Å²) in [7, 11) is 1.54. The van der Waals surface area contributed by atoms with Gasteiger partial charge in [-0.15, -0.1) is 0 Å². The lowest BCUT2D eigenvalue weighted by molar-refractivity contribution is -0.384. The first kappa shape index (κ1) is 17.5. The van der Waals surface area contributed by atoms with Gasteiger partial charge in [0, 0.05) is 23.8 Å². The minimum atomic E-state index is -0.658. The molecule has 0 heterocycles. The Labute approximate surface area is 143 Å². The van der Waals surface area contributed by atoms with Gasteiger partial charge < -0.3 is 9.47 Å². The molecule has 0 aromatic heterocycles. The molecule has 2 aromatic carbocycles. The third-order valence-corrected chi connectivity index (χ3v) is 3.42. The van der Waals surface area contributed by atoms with Gasteiger partial charge in [-0.05, 0) is 31.2 Å². The predicted molar refractivity (Wildman–Crippen MR) is 90.5 cm³/mol. The first-order valence-corrected chi connectivity index (χ1v) is 7.27. The van der Waals surface area contributed by atoms with E-state index in [4.69, 9.17) is 21.1 Å². The molecule has 0 saturated carbocycles. The Hall–Kier alpha value is -2.86. The molecule has 0 unspecified atom stereocenters. The highest BCUT2D eigenvalue weighted by molar-refractivity contribution is 6.32. The maximum Gasteiger partial charge on any atom is 0.336 e. The van der Waals surface area contributed by atoms with Crippen LogP contribution < -0.4 is 9.47 Å². The van der Waals surface area contributed by atoms with Crippen molar-refractivity contribution in [2.45, 2.75) is 6.92 Å². The maximum atomic E-state index is 11.9. The molecule has 0 saturated heterocycles. The molecule has 0 spiro atoms. The quantitative estimate of drug-likeness (QED) is 0.266. The molecule has 0 aliphatic rings. The third-order valence-electron chi connectivity index (χ3n) is 3.12. The molecular formula is C17H14ClNO5. The second-order valence-electron chi connectivity index (χ2n) is 4.87. The van der Waals surface area contributed by atoms with Gasteiger partial charge in [0.1, 0.15) is 11.5 Å². The first-order valence-electron chi connectivity index (χ1n) is 6.89. The van der Waals surface area contributed by atoms with Gasteiger partial charge in [0.25, 0.3) is 5.69 Å². The number of esters is 1. The second-order valence-corrected chi connectivity index (χ2v) is 5.28. The fourth-order valence-corrected chi connectivity index (χ4v) is 2.18. The van der Waals surface area contributed by atoms with Crippen LogP contribution in [-0.2, 0) is 4.79 Å². The zero-order chi connectivity index (χ0) is 17.7. The van der Waals surface area contributed by atoms with Crippen LogP contribution in [0.4, 0.5) is 5.69 Å². The van der Waals surface area contributed by atoms with Gasteiger partial charge >= 0.3 is 5.97 Å². The van der Waals surface area contributed by atoms with Crippen molar-refractivity contribution in [3.63, 3.8) is 0 Å². The fourth-order valence-electron chi connectivity index (χ4n) is 1.97. The number of halogens is 1. The summed E-state index contributed by atoms with van der Waals surface area (Å²) in [4.78, 5) is 22.0. The van der Waals surface area contributed by atoms with E-state index in [1.807, 2.05) is 19.1 Å². The predicted octanol–water partition coefficient (Wildman–Crippen LogP) is 4.18. The number of aryl methyl sites for hydroxylation is 1. The minimum absolute atomic E-state index is 0.0147. The van der Waals surface area contributed by atoms with Crippen molar-refractivity contribution in [1.82, 2.24) is 0 Å². The van der Waals surface area contributed by atoms with Crippen molar-refractivity contribution >= 4 is 29.3 Å². The number of carbonyl (C=O) groups is 1. The standard InChI is InChI=1S/C17H14ClNO5/c1-11-3-6-15(23-2)12(9-11)4-8-17(20)24-16-7-5-13(19(21)22)10-14(16)18/h3-10H,1-2H3/b8-4+.